The zero-order valence-corrected chi connectivity index (χ0v) is 19.6. The number of fused-ring (bicyclic) bond motifs is 1. The van der Waals surface area contributed by atoms with Crippen LogP contribution in [0.5, 0.6) is 0 Å². The van der Waals surface area contributed by atoms with Gasteiger partial charge in [0.1, 0.15) is 11.6 Å². The predicted molar refractivity (Wildman–Crippen MR) is 133 cm³/mol. The molecule has 2 aromatic rings. The van der Waals surface area contributed by atoms with Crippen molar-refractivity contribution >= 4 is 0 Å². The maximum absolute atomic E-state index is 14.9. The normalized spacial score (nSPS) is 24.7. The lowest BCUT2D eigenvalue weighted by Crippen LogP contribution is -2.30. The molecule has 0 radical (unpaired) electrons. The van der Waals surface area contributed by atoms with Crippen LogP contribution in [-0.2, 0) is 6.42 Å². The Bertz CT molecular complexity index is 1070. The van der Waals surface area contributed by atoms with Crippen molar-refractivity contribution in [3.05, 3.63) is 95.1 Å². The summed E-state index contributed by atoms with van der Waals surface area (Å²) in [4.78, 5) is 0. The summed E-state index contributed by atoms with van der Waals surface area (Å²) in [7, 11) is 0. The smallest absolute Gasteiger partial charge is 0.139 e. The van der Waals surface area contributed by atoms with Crippen molar-refractivity contribution in [3.8, 4) is 11.8 Å². The van der Waals surface area contributed by atoms with E-state index in [0.29, 0.717) is 34.9 Å². The van der Waals surface area contributed by atoms with Crippen LogP contribution in [0.25, 0.3) is 0 Å². The first-order valence-electron chi connectivity index (χ1n) is 12.4. The summed E-state index contributed by atoms with van der Waals surface area (Å²) < 4.78 is 29.2. The molecule has 4 unspecified atom stereocenters. The molecular weight excluding hydrogens is 410 g/mol. The van der Waals surface area contributed by atoms with Crippen LogP contribution in [0.3, 0.4) is 0 Å². The van der Waals surface area contributed by atoms with Crippen LogP contribution in [0.1, 0.15) is 80.0 Å². The number of allylic oxidation sites excluding steroid dienone is 3. The number of halogens is 2. The van der Waals surface area contributed by atoms with Crippen molar-refractivity contribution in [2.45, 2.75) is 64.2 Å². The Morgan fingerprint density at radius 2 is 1.76 bits per heavy atom. The van der Waals surface area contributed by atoms with E-state index in [1.54, 1.807) is 18.2 Å². The third-order valence-electron chi connectivity index (χ3n) is 7.66. The number of benzene rings is 2. The van der Waals surface area contributed by atoms with E-state index >= 15 is 0 Å². The van der Waals surface area contributed by atoms with Gasteiger partial charge >= 0.3 is 0 Å². The fraction of sp³-hybridized carbons (Fsp3) is 0.419. The van der Waals surface area contributed by atoms with E-state index < -0.39 is 0 Å². The number of hydrogen-bond acceptors (Lipinski definition) is 0. The molecule has 4 atom stereocenters. The molecule has 0 spiro atoms. The number of rotatable bonds is 5. The highest BCUT2D eigenvalue weighted by molar-refractivity contribution is 5.45. The maximum Gasteiger partial charge on any atom is 0.139 e. The van der Waals surface area contributed by atoms with Gasteiger partial charge in [-0.3, -0.25) is 0 Å². The predicted octanol–water partition coefficient (Wildman–Crippen LogP) is 8.36. The first-order chi connectivity index (χ1) is 16.1. The Morgan fingerprint density at radius 1 is 0.939 bits per heavy atom. The first-order valence-corrected chi connectivity index (χ1v) is 12.4. The summed E-state index contributed by atoms with van der Waals surface area (Å²) in [5.74, 6) is 8.00. The van der Waals surface area contributed by atoms with Crippen molar-refractivity contribution in [2.75, 3.05) is 0 Å². The van der Waals surface area contributed by atoms with Crippen molar-refractivity contribution < 1.29 is 8.78 Å². The van der Waals surface area contributed by atoms with Crippen LogP contribution in [0.15, 0.2) is 61.2 Å². The monoisotopic (exact) mass is 444 g/mol. The summed E-state index contributed by atoms with van der Waals surface area (Å²) in [6, 6.07) is 10.5. The quantitative estimate of drug-likeness (QED) is 0.321. The molecule has 2 fully saturated rings. The van der Waals surface area contributed by atoms with Gasteiger partial charge in [-0.1, -0.05) is 42.2 Å². The molecule has 0 amide bonds. The largest absolute Gasteiger partial charge is 0.207 e. The standard InChI is InChI=1S/C31H34F2/c1-3-5-6-7-24-11-9-23(19-30(24)32)10-12-25-14-15-29(21-31(25)33)28-17-16-26-18-22(4-2)8-13-27(26)20-28/h3-5,9,11,14-15,19,21-22,26-28H,2,6-8,13,16-18,20H2,1H3/b5-3+. The third kappa shape index (κ3) is 5.83. The summed E-state index contributed by atoms with van der Waals surface area (Å²) in [6.07, 6.45) is 14.9. The highest BCUT2D eigenvalue weighted by Crippen LogP contribution is 2.47. The molecule has 0 bridgehead atoms. The zero-order valence-electron chi connectivity index (χ0n) is 19.6. The van der Waals surface area contributed by atoms with Gasteiger partial charge in [0.2, 0.25) is 0 Å². The topological polar surface area (TPSA) is 0 Å². The molecule has 2 saturated carbocycles. The number of aryl methyl sites for hydroxylation is 1. The minimum Gasteiger partial charge on any atom is -0.207 e. The molecule has 0 nitrogen and oxygen atoms in total. The zero-order chi connectivity index (χ0) is 23.2. The van der Waals surface area contributed by atoms with E-state index in [4.69, 9.17) is 0 Å². The van der Waals surface area contributed by atoms with E-state index in [2.05, 4.69) is 24.5 Å². The van der Waals surface area contributed by atoms with E-state index in [1.807, 2.05) is 31.2 Å². The van der Waals surface area contributed by atoms with Gasteiger partial charge in [0, 0.05) is 5.56 Å². The summed E-state index contributed by atoms with van der Waals surface area (Å²) in [6.45, 7) is 5.94. The van der Waals surface area contributed by atoms with Crippen molar-refractivity contribution in [3.63, 3.8) is 0 Å². The second-order valence-corrected chi connectivity index (χ2v) is 9.74. The molecule has 2 heteroatoms. The average Bonchev–Trinajstić information content (AvgIpc) is 2.84. The minimum atomic E-state index is -0.277. The van der Waals surface area contributed by atoms with Crippen LogP contribution >= 0.6 is 0 Å². The lowest BCUT2D eigenvalue weighted by Gasteiger charge is -2.41. The fourth-order valence-corrected chi connectivity index (χ4v) is 5.70. The van der Waals surface area contributed by atoms with Crippen LogP contribution < -0.4 is 0 Å². The van der Waals surface area contributed by atoms with Crippen LogP contribution in [-0.4, -0.2) is 0 Å². The molecule has 2 aliphatic rings. The lowest BCUT2D eigenvalue weighted by molar-refractivity contribution is 0.133. The average molecular weight is 445 g/mol. The summed E-state index contributed by atoms with van der Waals surface area (Å²) in [5, 5.41) is 0. The fourth-order valence-electron chi connectivity index (χ4n) is 5.70. The molecule has 4 rings (SSSR count). The molecule has 172 valence electrons. The molecule has 0 N–H and O–H groups in total. The van der Waals surface area contributed by atoms with E-state index in [1.165, 1.54) is 38.2 Å². The molecule has 2 aliphatic carbocycles. The second-order valence-electron chi connectivity index (χ2n) is 9.74. The van der Waals surface area contributed by atoms with Crippen molar-refractivity contribution in [1.82, 2.24) is 0 Å². The van der Waals surface area contributed by atoms with Gasteiger partial charge in [0.05, 0.1) is 5.56 Å². The minimum absolute atomic E-state index is 0.250. The molecule has 0 aromatic heterocycles. The second kappa shape index (κ2) is 11.0. The third-order valence-corrected chi connectivity index (χ3v) is 7.66. The first kappa shape index (κ1) is 23.5. The highest BCUT2D eigenvalue weighted by atomic mass is 19.1. The number of hydrogen-bond donors (Lipinski definition) is 0. The van der Waals surface area contributed by atoms with Crippen LogP contribution in [0.4, 0.5) is 8.78 Å². The molecule has 2 aromatic carbocycles. The van der Waals surface area contributed by atoms with Gasteiger partial charge in [-0.05, 0) is 117 Å². The van der Waals surface area contributed by atoms with Crippen molar-refractivity contribution in [1.29, 1.82) is 0 Å². The SMILES string of the molecule is C=CC1CCC2CC(c3ccc(C#Cc4ccc(CC/C=C/C)c(F)c4)c(F)c3)CCC2C1. The lowest BCUT2D eigenvalue weighted by atomic mass is 9.64. The van der Waals surface area contributed by atoms with Gasteiger partial charge in [0.15, 0.2) is 0 Å². The molecule has 33 heavy (non-hydrogen) atoms. The van der Waals surface area contributed by atoms with E-state index in [9.17, 15) is 8.78 Å². The summed E-state index contributed by atoms with van der Waals surface area (Å²) >= 11 is 0. The maximum atomic E-state index is 14.9. The molecule has 0 saturated heterocycles. The van der Waals surface area contributed by atoms with Gasteiger partial charge in [-0.25, -0.2) is 8.78 Å². The molecule has 0 aliphatic heterocycles. The van der Waals surface area contributed by atoms with E-state index in [-0.39, 0.29) is 11.6 Å². The highest BCUT2D eigenvalue weighted by Gasteiger charge is 2.35. The van der Waals surface area contributed by atoms with Gasteiger partial charge in [-0.15, -0.1) is 6.58 Å². The molecular formula is C31H34F2. The Hall–Kier alpha value is -2.66. The van der Waals surface area contributed by atoms with Gasteiger partial charge in [0.25, 0.3) is 0 Å². The van der Waals surface area contributed by atoms with Crippen molar-refractivity contribution in [2.24, 2.45) is 17.8 Å². The molecule has 0 heterocycles. The van der Waals surface area contributed by atoms with Gasteiger partial charge < -0.3 is 0 Å². The van der Waals surface area contributed by atoms with Gasteiger partial charge in [-0.2, -0.15) is 0 Å². The Morgan fingerprint density at radius 3 is 2.52 bits per heavy atom. The van der Waals surface area contributed by atoms with Crippen LogP contribution in [0, 0.1) is 41.2 Å². The Kier molecular flexibility index (Phi) is 7.81. The Balaban J connectivity index is 1.41. The Labute approximate surface area is 197 Å². The summed E-state index contributed by atoms with van der Waals surface area (Å²) in [5.41, 5.74) is 2.72. The van der Waals surface area contributed by atoms with Crippen LogP contribution in [0.2, 0.25) is 0 Å². The van der Waals surface area contributed by atoms with E-state index in [0.717, 1.165) is 30.2 Å².